The Morgan fingerprint density at radius 3 is 2.59 bits per heavy atom. The van der Waals surface area contributed by atoms with Crippen LogP contribution in [0.4, 0.5) is 5.00 Å². The monoisotopic (exact) mass is 320 g/mol. The largest absolute Gasteiger partial charge is 0.335 e. The topological polar surface area (TPSA) is 63.5 Å². The first-order chi connectivity index (χ1) is 7.79. The molecule has 7 heteroatoms. The zero-order valence-electron chi connectivity index (χ0n) is 9.77. The average Bonchev–Trinajstić information content (AvgIpc) is 2.76. The first-order valence-electron chi connectivity index (χ1n) is 4.88. The Labute approximate surface area is 112 Å². The van der Waals surface area contributed by atoms with Crippen molar-refractivity contribution in [3.05, 3.63) is 27.1 Å². The normalized spacial score (nSPS) is 11.3. The molecular weight excluding hydrogens is 308 g/mol. The van der Waals surface area contributed by atoms with Gasteiger partial charge in [-0.05, 0) is 19.9 Å². The Hall–Kier alpha value is -0.950. The van der Waals surface area contributed by atoms with E-state index < -0.39 is 4.92 Å². The molecule has 5 nitrogen and oxygen atoms in total. The van der Waals surface area contributed by atoms with Crippen LogP contribution in [0.2, 0.25) is 0 Å². The maximum Gasteiger partial charge on any atom is 0.324 e. The van der Waals surface area contributed by atoms with E-state index in [4.69, 9.17) is 0 Å². The fraction of sp³-hybridized carbons (Fsp3) is 0.500. The third-order valence-corrected chi connectivity index (χ3v) is 4.92. The number of amides is 1. The van der Waals surface area contributed by atoms with Gasteiger partial charge in [0.1, 0.15) is 0 Å². The van der Waals surface area contributed by atoms with Gasteiger partial charge in [0.2, 0.25) is 0 Å². The number of nitrogens with zero attached hydrogens (tertiary/aromatic N) is 2. The predicted octanol–water partition coefficient (Wildman–Crippen LogP) is 2.90. The van der Waals surface area contributed by atoms with Crippen LogP contribution in [0, 0.1) is 10.1 Å². The molecule has 0 atom stereocenters. The average molecular weight is 321 g/mol. The number of rotatable bonds is 4. The van der Waals surface area contributed by atoms with Crippen molar-refractivity contribution >= 4 is 38.2 Å². The quantitative estimate of drug-likeness (QED) is 0.487. The molecule has 0 fully saturated rings. The highest BCUT2D eigenvalue weighted by Crippen LogP contribution is 2.27. The van der Waals surface area contributed by atoms with Crippen molar-refractivity contribution in [3.8, 4) is 0 Å². The molecule has 1 amide bonds. The molecule has 0 spiro atoms. The molecule has 0 aliphatic rings. The highest BCUT2D eigenvalue weighted by atomic mass is 79.9. The number of hydrogen-bond donors (Lipinski definition) is 0. The number of carbonyl (C=O) groups excluding carboxylic acids is 1. The van der Waals surface area contributed by atoms with Crippen molar-refractivity contribution < 1.29 is 9.72 Å². The summed E-state index contributed by atoms with van der Waals surface area (Å²) in [6.07, 6.45) is 0. The number of hydrogen-bond acceptors (Lipinski definition) is 4. The molecule has 0 radical (unpaired) electrons. The first-order valence-corrected chi connectivity index (χ1v) is 6.82. The molecule has 1 aromatic heterocycles. The van der Waals surface area contributed by atoms with E-state index in [1.165, 1.54) is 12.1 Å². The van der Waals surface area contributed by atoms with E-state index in [2.05, 4.69) is 15.9 Å². The van der Waals surface area contributed by atoms with Gasteiger partial charge < -0.3 is 4.90 Å². The summed E-state index contributed by atoms with van der Waals surface area (Å²) in [4.78, 5) is 24.1. The van der Waals surface area contributed by atoms with Crippen LogP contribution in [0.1, 0.15) is 23.5 Å². The van der Waals surface area contributed by atoms with Crippen molar-refractivity contribution in [1.82, 2.24) is 4.90 Å². The van der Waals surface area contributed by atoms with Crippen LogP contribution in [0.3, 0.4) is 0 Å². The summed E-state index contributed by atoms with van der Waals surface area (Å²) in [5.74, 6) is -0.201. The second kappa shape index (κ2) is 5.14. The van der Waals surface area contributed by atoms with E-state index in [9.17, 15) is 14.9 Å². The molecule has 0 aromatic carbocycles. The summed E-state index contributed by atoms with van der Waals surface area (Å²) < 4.78 is 0. The standard InChI is InChI=1S/C10H13BrN2O3S/c1-10(2,6-11)12(3)9(14)7-4-5-8(17-7)13(15)16/h4-5H,6H2,1-3H3. The van der Waals surface area contributed by atoms with Crippen molar-refractivity contribution in [3.63, 3.8) is 0 Å². The van der Waals surface area contributed by atoms with E-state index in [0.717, 1.165) is 11.3 Å². The molecule has 0 bridgehead atoms. The summed E-state index contributed by atoms with van der Waals surface area (Å²) in [7, 11) is 1.69. The molecule has 1 heterocycles. The lowest BCUT2D eigenvalue weighted by atomic mass is 10.1. The minimum Gasteiger partial charge on any atom is -0.335 e. The maximum atomic E-state index is 12.1. The van der Waals surface area contributed by atoms with E-state index in [1.807, 2.05) is 13.8 Å². The van der Waals surface area contributed by atoms with Gasteiger partial charge in [0.15, 0.2) is 0 Å². The van der Waals surface area contributed by atoms with Gasteiger partial charge in [0.25, 0.3) is 5.91 Å². The SMILES string of the molecule is CN(C(=O)c1ccc([N+](=O)[O-])s1)C(C)(C)CBr. The van der Waals surface area contributed by atoms with Crippen molar-refractivity contribution in [1.29, 1.82) is 0 Å². The maximum absolute atomic E-state index is 12.1. The number of halogens is 1. The van der Waals surface area contributed by atoms with Crippen LogP contribution in [-0.4, -0.2) is 33.6 Å². The van der Waals surface area contributed by atoms with Gasteiger partial charge in [0, 0.05) is 24.0 Å². The van der Waals surface area contributed by atoms with Crippen molar-refractivity contribution in [2.75, 3.05) is 12.4 Å². The molecule has 94 valence electrons. The Bertz CT molecular complexity index is 445. The minimum absolute atomic E-state index is 0.0154. The molecule has 1 aromatic rings. The van der Waals surface area contributed by atoms with Crippen molar-refractivity contribution in [2.24, 2.45) is 0 Å². The molecule has 0 unspecified atom stereocenters. The van der Waals surface area contributed by atoms with Gasteiger partial charge in [-0.25, -0.2) is 0 Å². The second-order valence-corrected chi connectivity index (χ2v) is 5.83. The van der Waals surface area contributed by atoms with E-state index in [0.29, 0.717) is 10.2 Å². The van der Waals surface area contributed by atoms with Crippen LogP contribution in [0.25, 0.3) is 0 Å². The van der Waals surface area contributed by atoms with Crippen LogP contribution >= 0.6 is 27.3 Å². The van der Waals surface area contributed by atoms with Gasteiger partial charge in [0.05, 0.1) is 9.80 Å². The fourth-order valence-corrected chi connectivity index (χ4v) is 2.24. The predicted molar refractivity (Wildman–Crippen MR) is 70.9 cm³/mol. The van der Waals surface area contributed by atoms with Gasteiger partial charge in [-0.1, -0.05) is 27.3 Å². The number of nitro groups is 1. The zero-order valence-corrected chi connectivity index (χ0v) is 12.2. The van der Waals surface area contributed by atoms with Gasteiger partial charge in [-0.2, -0.15) is 0 Å². The summed E-state index contributed by atoms with van der Waals surface area (Å²) in [6.45, 7) is 3.84. The third kappa shape index (κ3) is 3.04. The molecule has 17 heavy (non-hydrogen) atoms. The van der Waals surface area contributed by atoms with Crippen LogP contribution in [0.15, 0.2) is 12.1 Å². The molecule has 0 aliphatic carbocycles. The smallest absolute Gasteiger partial charge is 0.324 e. The zero-order chi connectivity index (χ0) is 13.2. The second-order valence-electron chi connectivity index (χ2n) is 4.21. The minimum atomic E-state index is -0.489. The Morgan fingerprint density at radius 1 is 1.59 bits per heavy atom. The lowest BCUT2D eigenvalue weighted by molar-refractivity contribution is -0.380. The van der Waals surface area contributed by atoms with Crippen LogP contribution in [0.5, 0.6) is 0 Å². The summed E-state index contributed by atoms with van der Waals surface area (Å²) in [5, 5.41) is 11.2. The lowest BCUT2D eigenvalue weighted by Crippen LogP contribution is -2.46. The van der Waals surface area contributed by atoms with Crippen LogP contribution in [-0.2, 0) is 0 Å². The molecule has 1 rings (SSSR count). The number of carbonyl (C=O) groups is 1. The van der Waals surface area contributed by atoms with E-state index in [1.54, 1.807) is 11.9 Å². The molecule has 0 aliphatic heterocycles. The molecule has 0 saturated heterocycles. The van der Waals surface area contributed by atoms with E-state index >= 15 is 0 Å². The Kier molecular flexibility index (Phi) is 4.26. The van der Waals surface area contributed by atoms with Gasteiger partial charge in [-0.3, -0.25) is 14.9 Å². The molecule has 0 saturated carbocycles. The third-order valence-electron chi connectivity index (χ3n) is 2.52. The summed E-state index contributed by atoms with van der Waals surface area (Å²) in [6, 6.07) is 2.85. The number of thiophene rings is 1. The van der Waals surface area contributed by atoms with Crippen molar-refractivity contribution in [2.45, 2.75) is 19.4 Å². The number of alkyl halides is 1. The molecule has 0 N–H and O–H groups in total. The van der Waals surface area contributed by atoms with Gasteiger partial charge >= 0.3 is 5.00 Å². The highest BCUT2D eigenvalue weighted by molar-refractivity contribution is 9.09. The molecular formula is C10H13BrN2O3S. The summed E-state index contributed by atoms with van der Waals surface area (Å²) in [5.41, 5.74) is -0.337. The highest BCUT2D eigenvalue weighted by Gasteiger charge is 2.28. The first kappa shape index (κ1) is 14.1. The summed E-state index contributed by atoms with van der Waals surface area (Å²) >= 11 is 4.24. The Balaban J connectivity index is 2.93. The van der Waals surface area contributed by atoms with Crippen LogP contribution < -0.4 is 0 Å². The van der Waals surface area contributed by atoms with E-state index in [-0.39, 0.29) is 16.4 Å². The Morgan fingerprint density at radius 2 is 2.18 bits per heavy atom. The fourth-order valence-electron chi connectivity index (χ4n) is 1.07. The lowest BCUT2D eigenvalue weighted by Gasteiger charge is -2.33. The van der Waals surface area contributed by atoms with Gasteiger partial charge in [-0.15, -0.1) is 0 Å².